The molecule has 1 heterocycles. The Morgan fingerprint density at radius 1 is 0.278 bits per heavy atom. The molecule has 1 aromatic heterocycles. The lowest BCUT2D eigenvalue weighted by atomic mass is 9.67. The quantitative estimate of drug-likeness (QED) is 0.135. The predicted octanol–water partition coefficient (Wildman–Crippen LogP) is 20.1. The van der Waals surface area contributed by atoms with Crippen molar-refractivity contribution in [3.05, 3.63) is 331 Å². The van der Waals surface area contributed by atoms with E-state index >= 15 is 0 Å². The van der Waals surface area contributed by atoms with Crippen LogP contribution in [0.15, 0.2) is 297 Å². The molecule has 79 heavy (non-hydrogen) atoms. The summed E-state index contributed by atoms with van der Waals surface area (Å²) in [6.45, 7) is 4.75. The number of benzene rings is 12. The van der Waals surface area contributed by atoms with Crippen LogP contribution in [0, 0.1) is 0 Å². The van der Waals surface area contributed by atoms with Crippen LogP contribution in [-0.4, -0.2) is 4.57 Å². The Kier molecular flexibility index (Phi) is 10.8. The van der Waals surface area contributed by atoms with Crippen molar-refractivity contribution in [3.8, 4) is 39.1 Å². The van der Waals surface area contributed by atoms with Gasteiger partial charge in [0.2, 0.25) is 0 Å². The van der Waals surface area contributed by atoms with Gasteiger partial charge in [-0.15, -0.1) is 0 Å². The largest absolute Gasteiger partial charge is 0.311 e. The molecule has 3 nitrogen and oxygen atoms in total. The summed E-state index contributed by atoms with van der Waals surface area (Å²) in [6.07, 6.45) is 0. The molecule has 15 rings (SSSR count). The third-order valence-corrected chi connectivity index (χ3v) is 17.0. The summed E-state index contributed by atoms with van der Waals surface area (Å²) in [7, 11) is 0. The van der Waals surface area contributed by atoms with Crippen LogP contribution in [0.25, 0.3) is 60.9 Å². The zero-order chi connectivity index (χ0) is 52.7. The Hall–Kier alpha value is -9.96. The molecule has 0 fully saturated rings. The van der Waals surface area contributed by atoms with Gasteiger partial charge in [-0.2, -0.15) is 0 Å². The maximum absolute atomic E-state index is 2.50. The minimum Gasteiger partial charge on any atom is -0.311 e. The molecule has 13 aromatic rings. The number of anilines is 6. The van der Waals surface area contributed by atoms with Crippen LogP contribution in [0.4, 0.5) is 34.1 Å². The van der Waals surface area contributed by atoms with E-state index in [0.717, 1.165) is 39.8 Å². The fourth-order valence-electron chi connectivity index (χ4n) is 13.4. The maximum atomic E-state index is 2.50. The summed E-state index contributed by atoms with van der Waals surface area (Å²) >= 11 is 0. The third kappa shape index (κ3) is 7.27. The van der Waals surface area contributed by atoms with E-state index in [0.29, 0.717) is 0 Å². The van der Waals surface area contributed by atoms with Crippen LogP contribution in [0.1, 0.15) is 47.2 Å². The summed E-state index contributed by atoms with van der Waals surface area (Å²) < 4.78 is 2.39. The van der Waals surface area contributed by atoms with Gasteiger partial charge in [0.15, 0.2) is 0 Å². The first-order valence-corrected chi connectivity index (χ1v) is 27.5. The average Bonchev–Trinajstić information content (AvgIpc) is 4.31. The lowest BCUT2D eigenvalue weighted by Gasteiger charge is -2.35. The molecule has 0 N–H and O–H groups in total. The van der Waals surface area contributed by atoms with Crippen molar-refractivity contribution in [1.29, 1.82) is 0 Å². The molecule has 2 aliphatic rings. The molecule has 0 saturated heterocycles. The van der Waals surface area contributed by atoms with Crippen molar-refractivity contribution < 1.29 is 0 Å². The normalized spacial score (nSPS) is 13.4. The standard InChI is InChI=1S/C76H55N3/c1-75(2)69-34-20-18-32-63(69)64-45-42-61(50-70(64)75)78(60-40-38-59(39-41-60)77(56-26-12-5-13-27-56)57-28-14-6-15-29-57)62-43-46-66-65-44-36-53(49-71(65)76(72(66)51-62,54-22-8-3-9-23-54)55-24-10-4-11-25-55)52-37-47-74-68(48-52)67-33-19-21-35-73(67)79(74)58-30-16-7-17-31-58/h3-51H,1-2H3. The number of hydrogen-bond donors (Lipinski definition) is 0. The molecular weight excluding hydrogens is 955 g/mol. The van der Waals surface area contributed by atoms with Gasteiger partial charge < -0.3 is 14.4 Å². The first kappa shape index (κ1) is 46.4. The summed E-state index contributed by atoms with van der Waals surface area (Å²) in [5, 5.41) is 2.48. The zero-order valence-electron chi connectivity index (χ0n) is 44.1. The van der Waals surface area contributed by atoms with Gasteiger partial charge in [0.1, 0.15) is 0 Å². The lowest BCUT2D eigenvalue weighted by molar-refractivity contribution is 0.660. The van der Waals surface area contributed by atoms with E-state index in [1.54, 1.807) is 0 Å². The van der Waals surface area contributed by atoms with Crippen LogP contribution >= 0.6 is 0 Å². The van der Waals surface area contributed by atoms with Crippen molar-refractivity contribution in [2.75, 3.05) is 9.80 Å². The van der Waals surface area contributed by atoms with E-state index in [4.69, 9.17) is 0 Å². The predicted molar refractivity (Wildman–Crippen MR) is 330 cm³/mol. The highest BCUT2D eigenvalue weighted by Crippen LogP contribution is 2.59. The first-order chi connectivity index (χ1) is 38.9. The number of aromatic nitrogens is 1. The molecule has 374 valence electrons. The first-order valence-electron chi connectivity index (χ1n) is 27.5. The fourth-order valence-corrected chi connectivity index (χ4v) is 13.4. The van der Waals surface area contributed by atoms with Crippen LogP contribution < -0.4 is 9.80 Å². The Labute approximate surface area is 462 Å². The van der Waals surface area contributed by atoms with Crippen molar-refractivity contribution in [2.24, 2.45) is 0 Å². The highest BCUT2D eigenvalue weighted by Gasteiger charge is 2.47. The number of hydrogen-bond acceptors (Lipinski definition) is 2. The van der Waals surface area contributed by atoms with Gasteiger partial charge in [0.25, 0.3) is 0 Å². The molecule has 0 spiro atoms. The lowest BCUT2D eigenvalue weighted by Crippen LogP contribution is -2.28. The molecule has 0 unspecified atom stereocenters. The van der Waals surface area contributed by atoms with Crippen molar-refractivity contribution in [2.45, 2.75) is 24.7 Å². The molecule has 0 saturated carbocycles. The monoisotopic (exact) mass is 1010 g/mol. The van der Waals surface area contributed by atoms with Crippen LogP contribution in [-0.2, 0) is 10.8 Å². The van der Waals surface area contributed by atoms with Crippen molar-refractivity contribution >= 4 is 55.9 Å². The maximum Gasteiger partial charge on any atom is 0.0714 e. The Morgan fingerprint density at radius 3 is 1.30 bits per heavy atom. The number of rotatable bonds is 10. The summed E-state index contributed by atoms with van der Waals surface area (Å²) in [5.74, 6) is 0. The minimum absolute atomic E-state index is 0.181. The Balaban J connectivity index is 0.929. The van der Waals surface area contributed by atoms with E-state index < -0.39 is 5.41 Å². The third-order valence-electron chi connectivity index (χ3n) is 17.0. The van der Waals surface area contributed by atoms with Gasteiger partial charge in [0.05, 0.1) is 16.4 Å². The minimum atomic E-state index is -0.657. The molecule has 0 aliphatic heterocycles. The van der Waals surface area contributed by atoms with E-state index in [-0.39, 0.29) is 5.41 Å². The second-order valence-electron chi connectivity index (χ2n) is 21.7. The molecular formula is C76H55N3. The van der Waals surface area contributed by atoms with Crippen molar-refractivity contribution in [3.63, 3.8) is 0 Å². The summed E-state index contributed by atoms with van der Waals surface area (Å²) in [4.78, 5) is 4.81. The summed E-state index contributed by atoms with van der Waals surface area (Å²) in [6, 6.07) is 110. The van der Waals surface area contributed by atoms with Gasteiger partial charge >= 0.3 is 0 Å². The van der Waals surface area contributed by atoms with E-state index in [9.17, 15) is 0 Å². The number of nitrogens with zero attached hydrogens (tertiary/aromatic N) is 3. The van der Waals surface area contributed by atoms with E-state index in [1.165, 1.54) is 88.6 Å². The smallest absolute Gasteiger partial charge is 0.0714 e. The second-order valence-corrected chi connectivity index (χ2v) is 21.7. The Morgan fingerprint density at radius 2 is 0.684 bits per heavy atom. The molecule has 0 bridgehead atoms. The zero-order valence-corrected chi connectivity index (χ0v) is 44.1. The van der Waals surface area contributed by atoms with Crippen LogP contribution in [0.3, 0.4) is 0 Å². The van der Waals surface area contributed by atoms with Gasteiger partial charge in [-0.05, 0) is 176 Å². The average molecular weight is 1010 g/mol. The number of para-hydroxylation sites is 4. The SMILES string of the molecule is CC1(C)c2ccccc2-c2ccc(N(c3ccc(N(c4ccccc4)c4ccccc4)cc3)c3ccc4c(c3)C(c3ccccc3)(c3ccccc3)c3cc(-c5ccc6c(c5)c5ccccc5n6-c5ccccc5)ccc3-4)cc21. The topological polar surface area (TPSA) is 11.4 Å². The van der Waals surface area contributed by atoms with Gasteiger partial charge in [-0.3, -0.25) is 0 Å². The van der Waals surface area contributed by atoms with Crippen LogP contribution in [0.5, 0.6) is 0 Å². The highest BCUT2D eigenvalue weighted by molar-refractivity contribution is 6.10. The van der Waals surface area contributed by atoms with Gasteiger partial charge in [-0.25, -0.2) is 0 Å². The molecule has 0 amide bonds. The van der Waals surface area contributed by atoms with Crippen LogP contribution in [0.2, 0.25) is 0 Å². The second kappa shape index (κ2) is 18.4. The van der Waals surface area contributed by atoms with Gasteiger partial charge in [0, 0.05) is 56.0 Å². The van der Waals surface area contributed by atoms with E-state index in [1.807, 2.05) is 0 Å². The number of fused-ring (bicyclic) bond motifs is 9. The summed E-state index contributed by atoms with van der Waals surface area (Å²) in [5.41, 5.74) is 24.4. The molecule has 12 aromatic carbocycles. The molecule has 0 atom stereocenters. The molecule has 2 aliphatic carbocycles. The van der Waals surface area contributed by atoms with Crippen molar-refractivity contribution in [1.82, 2.24) is 4.57 Å². The Bertz CT molecular complexity index is 4350. The highest BCUT2D eigenvalue weighted by atomic mass is 15.2. The molecule has 0 radical (unpaired) electrons. The van der Waals surface area contributed by atoms with Gasteiger partial charge in [-0.1, -0.05) is 202 Å². The van der Waals surface area contributed by atoms with E-state index in [2.05, 4.69) is 325 Å². The fraction of sp³-hybridized carbons (Fsp3) is 0.0526. The molecule has 3 heteroatoms.